The van der Waals surface area contributed by atoms with Crippen LogP contribution in [0.5, 0.6) is 0 Å². The van der Waals surface area contributed by atoms with Crippen LogP contribution in [-0.2, 0) is 7.05 Å². The Morgan fingerprint density at radius 2 is 1.35 bits per heavy atom. The van der Waals surface area contributed by atoms with Gasteiger partial charge in [-0.3, -0.25) is 0 Å². The van der Waals surface area contributed by atoms with Gasteiger partial charge in [-0.25, -0.2) is 0 Å². The summed E-state index contributed by atoms with van der Waals surface area (Å²) in [6.07, 6.45) is 0. The van der Waals surface area contributed by atoms with Crippen LogP contribution in [0.4, 0.5) is 0 Å². The summed E-state index contributed by atoms with van der Waals surface area (Å²) < 4.78 is 2.27. The van der Waals surface area contributed by atoms with Gasteiger partial charge in [0, 0.05) is 17.7 Å². The van der Waals surface area contributed by atoms with Crippen LogP contribution in [0.1, 0.15) is 19.4 Å². The highest BCUT2D eigenvalue weighted by atomic mass is 14.9. The number of allylic oxidation sites excluding steroid dienone is 1. The molecule has 0 aliphatic carbocycles. The summed E-state index contributed by atoms with van der Waals surface area (Å²) in [5.74, 6) is 0.439. The molecule has 0 amide bonds. The molecule has 20 heavy (non-hydrogen) atoms. The number of hydrogen-bond donors (Lipinski definition) is 0. The van der Waals surface area contributed by atoms with E-state index in [1.54, 1.807) is 0 Å². The van der Waals surface area contributed by atoms with Gasteiger partial charge in [-0.2, -0.15) is 4.57 Å². The average Bonchev–Trinajstić information content (AvgIpc) is 2.47. The van der Waals surface area contributed by atoms with Crippen molar-refractivity contribution >= 4 is 27.4 Å². The standard InChI is InChI=1S/C19H20N/c1-13(2)14(3)19-15-9-5-7-11-17(15)20(4)18-12-8-6-10-16(18)19/h5-13H,3H2,1-2,4H3/q+1. The molecule has 0 saturated carbocycles. The lowest BCUT2D eigenvalue weighted by Gasteiger charge is -2.14. The molecule has 0 bridgehead atoms. The Morgan fingerprint density at radius 3 is 1.80 bits per heavy atom. The number of fused-ring (bicyclic) bond motifs is 2. The number of para-hydroxylation sites is 2. The molecular weight excluding hydrogens is 242 g/mol. The Labute approximate surface area is 120 Å². The highest BCUT2D eigenvalue weighted by molar-refractivity contribution is 6.03. The van der Waals surface area contributed by atoms with Gasteiger partial charge in [0.25, 0.3) is 0 Å². The van der Waals surface area contributed by atoms with E-state index in [0.717, 1.165) is 0 Å². The fourth-order valence-corrected chi connectivity index (χ4v) is 2.86. The number of pyridine rings is 1. The predicted octanol–water partition coefficient (Wildman–Crippen LogP) is 4.49. The minimum absolute atomic E-state index is 0.439. The van der Waals surface area contributed by atoms with Crippen LogP contribution in [0.15, 0.2) is 55.1 Å². The third kappa shape index (κ3) is 1.82. The monoisotopic (exact) mass is 262 g/mol. The fourth-order valence-electron chi connectivity index (χ4n) is 2.86. The van der Waals surface area contributed by atoms with Gasteiger partial charge < -0.3 is 0 Å². The van der Waals surface area contributed by atoms with Gasteiger partial charge in [-0.05, 0) is 23.6 Å². The molecule has 0 spiro atoms. The summed E-state index contributed by atoms with van der Waals surface area (Å²) >= 11 is 0. The molecule has 1 nitrogen and oxygen atoms in total. The third-order valence-corrected chi connectivity index (χ3v) is 4.09. The molecule has 0 aliphatic rings. The lowest BCUT2D eigenvalue weighted by Crippen LogP contribution is -2.30. The van der Waals surface area contributed by atoms with Crippen molar-refractivity contribution in [3.63, 3.8) is 0 Å². The maximum absolute atomic E-state index is 4.35. The van der Waals surface area contributed by atoms with Crippen molar-refractivity contribution in [1.82, 2.24) is 0 Å². The van der Waals surface area contributed by atoms with E-state index in [4.69, 9.17) is 0 Å². The molecule has 100 valence electrons. The van der Waals surface area contributed by atoms with Crippen LogP contribution in [0, 0.1) is 5.92 Å². The number of hydrogen-bond acceptors (Lipinski definition) is 0. The molecule has 0 fully saturated rings. The van der Waals surface area contributed by atoms with E-state index in [-0.39, 0.29) is 0 Å². The largest absolute Gasteiger partial charge is 0.213 e. The first-order valence-electron chi connectivity index (χ1n) is 7.10. The van der Waals surface area contributed by atoms with Gasteiger partial charge in [0.1, 0.15) is 7.05 Å². The van der Waals surface area contributed by atoms with Crippen molar-refractivity contribution < 1.29 is 4.57 Å². The predicted molar refractivity (Wildman–Crippen MR) is 86.5 cm³/mol. The van der Waals surface area contributed by atoms with Crippen molar-refractivity contribution in [3.05, 3.63) is 60.7 Å². The molecular formula is C19H20N+. The van der Waals surface area contributed by atoms with E-state index < -0.39 is 0 Å². The molecule has 0 atom stereocenters. The first-order valence-corrected chi connectivity index (χ1v) is 7.10. The zero-order valence-corrected chi connectivity index (χ0v) is 12.4. The van der Waals surface area contributed by atoms with Gasteiger partial charge in [-0.1, -0.05) is 44.7 Å². The van der Waals surface area contributed by atoms with E-state index >= 15 is 0 Å². The van der Waals surface area contributed by atoms with E-state index in [1.165, 1.54) is 32.9 Å². The smallest absolute Gasteiger partial charge is 0.194 e. The van der Waals surface area contributed by atoms with E-state index in [0.29, 0.717) is 5.92 Å². The van der Waals surface area contributed by atoms with Gasteiger partial charge in [0.05, 0.1) is 10.8 Å². The van der Waals surface area contributed by atoms with Gasteiger partial charge in [0.2, 0.25) is 11.0 Å². The second kappa shape index (κ2) is 4.75. The summed E-state index contributed by atoms with van der Waals surface area (Å²) in [5.41, 5.74) is 5.01. The second-order valence-electron chi connectivity index (χ2n) is 5.65. The molecule has 0 unspecified atom stereocenters. The average molecular weight is 262 g/mol. The Balaban J connectivity index is 2.56. The number of nitrogens with zero attached hydrogens (tertiary/aromatic N) is 1. The van der Waals surface area contributed by atoms with Crippen molar-refractivity contribution in [1.29, 1.82) is 0 Å². The maximum Gasteiger partial charge on any atom is 0.213 e. The SMILES string of the molecule is C=C(c1c2ccccc2[n+](C)c2ccccc12)C(C)C. The van der Waals surface area contributed by atoms with Crippen LogP contribution >= 0.6 is 0 Å². The maximum atomic E-state index is 4.35. The molecule has 0 saturated heterocycles. The summed E-state index contributed by atoms with van der Waals surface area (Å²) in [6, 6.07) is 17.2. The number of aryl methyl sites for hydroxylation is 1. The normalized spacial score (nSPS) is 11.4. The summed E-state index contributed by atoms with van der Waals surface area (Å²) in [7, 11) is 2.13. The fraction of sp³-hybridized carbons (Fsp3) is 0.211. The van der Waals surface area contributed by atoms with Crippen LogP contribution in [0.2, 0.25) is 0 Å². The summed E-state index contributed by atoms with van der Waals surface area (Å²) in [5, 5.41) is 2.57. The highest BCUT2D eigenvalue weighted by Gasteiger charge is 2.19. The van der Waals surface area contributed by atoms with Gasteiger partial charge in [-0.15, -0.1) is 0 Å². The second-order valence-corrected chi connectivity index (χ2v) is 5.65. The van der Waals surface area contributed by atoms with E-state index in [9.17, 15) is 0 Å². The quantitative estimate of drug-likeness (QED) is 0.473. The van der Waals surface area contributed by atoms with Crippen LogP contribution in [0.25, 0.3) is 27.4 Å². The van der Waals surface area contributed by atoms with Gasteiger partial charge >= 0.3 is 0 Å². The summed E-state index contributed by atoms with van der Waals surface area (Å²) in [4.78, 5) is 0. The van der Waals surface area contributed by atoms with Crippen LogP contribution in [0.3, 0.4) is 0 Å². The Bertz CT molecular complexity index is 755. The minimum atomic E-state index is 0.439. The number of aromatic nitrogens is 1. The molecule has 0 N–H and O–H groups in total. The third-order valence-electron chi connectivity index (χ3n) is 4.09. The Kier molecular flexibility index (Phi) is 3.06. The number of rotatable bonds is 2. The highest BCUT2D eigenvalue weighted by Crippen LogP contribution is 2.33. The molecule has 2 aromatic carbocycles. The molecule has 1 heteroatoms. The molecule has 0 radical (unpaired) electrons. The molecule has 1 aromatic heterocycles. The topological polar surface area (TPSA) is 3.88 Å². The van der Waals surface area contributed by atoms with Crippen LogP contribution < -0.4 is 4.57 Å². The van der Waals surface area contributed by atoms with Crippen molar-refractivity contribution in [2.45, 2.75) is 13.8 Å². The van der Waals surface area contributed by atoms with Gasteiger partial charge in [0.15, 0.2) is 0 Å². The molecule has 3 aromatic rings. The first-order chi connectivity index (χ1) is 9.61. The van der Waals surface area contributed by atoms with Crippen molar-refractivity contribution in [2.75, 3.05) is 0 Å². The zero-order chi connectivity index (χ0) is 14.3. The first kappa shape index (κ1) is 12.9. The minimum Gasteiger partial charge on any atom is -0.194 e. The van der Waals surface area contributed by atoms with Crippen molar-refractivity contribution in [2.24, 2.45) is 13.0 Å². The lowest BCUT2D eigenvalue weighted by molar-refractivity contribution is -0.617. The van der Waals surface area contributed by atoms with E-state index in [1.807, 2.05) is 0 Å². The lowest BCUT2D eigenvalue weighted by atomic mass is 9.90. The number of benzene rings is 2. The van der Waals surface area contributed by atoms with Crippen molar-refractivity contribution in [3.8, 4) is 0 Å². The molecule has 1 heterocycles. The van der Waals surface area contributed by atoms with Crippen LogP contribution in [-0.4, -0.2) is 0 Å². The Hall–Kier alpha value is -2.15. The molecule has 0 aliphatic heterocycles. The molecule has 3 rings (SSSR count). The summed E-state index contributed by atoms with van der Waals surface area (Å²) in [6.45, 7) is 8.76. The Morgan fingerprint density at radius 1 is 0.900 bits per heavy atom. The van der Waals surface area contributed by atoms with E-state index in [2.05, 4.69) is 80.6 Å². The zero-order valence-electron chi connectivity index (χ0n) is 12.4.